The van der Waals surface area contributed by atoms with Gasteiger partial charge in [-0.25, -0.2) is 17.9 Å². The van der Waals surface area contributed by atoms with Gasteiger partial charge in [0.25, 0.3) is 0 Å². The van der Waals surface area contributed by atoms with Gasteiger partial charge < -0.3 is 5.32 Å². The molecule has 0 aromatic carbocycles. The molecule has 27 heavy (non-hydrogen) atoms. The SMILES string of the molecule is CNc1c(S(=O)(=O)N2CCC(c3cn4ncnc4cc3C)CC2)cnn1C. The zero-order chi connectivity index (χ0) is 19.2. The van der Waals surface area contributed by atoms with Gasteiger partial charge in [-0.3, -0.25) is 4.68 Å². The Morgan fingerprint density at radius 2 is 1.96 bits per heavy atom. The molecule has 1 N–H and O–H groups in total. The molecule has 1 saturated heterocycles. The van der Waals surface area contributed by atoms with Gasteiger partial charge in [0.2, 0.25) is 10.0 Å². The van der Waals surface area contributed by atoms with Crippen molar-refractivity contribution in [1.82, 2.24) is 28.7 Å². The van der Waals surface area contributed by atoms with Crippen molar-refractivity contribution in [2.24, 2.45) is 7.05 Å². The second-order valence-electron chi connectivity index (χ2n) is 6.88. The van der Waals surface area contributed by atoms with E-state index in [9.17, 15) is 8.42 Å². The van der Waals surface area contributed by atoms with Gasteiger partial charge in [0.05, 0.1) is 6.20 Å². The van der Waals surface area contributed by atoms with Crippen LogP contribution in [0.25, 0.3) is 5.65 Å². The number of pyridine rings is 1. The topological polar surface area (TPSA) is 97.4 Å². The fourth-order valence-corrected chi connectivity index (χ4v) is 5.47. The summed E-state index contributed by atoms with van der Waals surface area (Å²) in [6, 6.07) is 2.03. The van der Waals surface area contributed by atoms with Crippen molar-refractivity contribution in [1.29, 1.82) is 0 Å². The average Bonchev–Trinajstić information content (AvgIpc) is 3.26. The van der Waals surface area contributed by atoms with Crippen LogP contribution in [0.3, 0.4) is 0 Å². The Bertz CT molecular complexity index is 1080. The minimum Gasteiger partial charge on any atom is -0.372 e. The lowest BCUT2D eigenvalue weighted by Crippen LogP contribution is -2.38. The Morgan fingerprint density at radius 1 is 1.22 bits per heavy atom. The van der Waals surface area contributed by atoms with E-state index in [-0.39, 0.29) is 4.90 Å². The highest BCUT2D eigenvalue weighted by Gasteiger charge is 2.33. The van der Waals surface area contributed by atoms with Crippen LogP contribution in [0.4, 0.5) is 5.82 Å². The number of piperidine rings is 1. The van der Waals surface area contributed by atoms with Gasteiger partial charge in [-0.2, -0.15) is 14.5 Å². The monoisotopic (exact) mass is 389 g/mol. The van der Waals surface area contributed by atoms with Crippen LogP contribution in [0.15, 0.2) is 29.7 Å². The summed E-state index contributed by atoms with van der Waals surface area (Å²) in [6.07, 6.45) is 6.52. The molecule has 0 atom stereocenters. The molecule has 4 rings (SSSR count). The lowest BCUT2D eigenvalue weighted by molar-refractivity contribution is 0.318. The Morgan fingerprint density at radius 3 is 2.67 bits per heavy atom. The molecule has 0 unspecified atom stereocenters. The van der Waals surface area contributed by atoms with Crippen molar-refractivity contribution in [3.05, 3.63) is 35.9 Å². The summed E-state index contributed by atoms with van der Waals surface area (Å²) in [7, 11) is -0.143. The summed E-state index contributed by atoms with van der Waals surface area (Å²) in [5.41, 5.74) is 3.20. The van der Waals surface area contributed by atoms with Crippen LogP contribution < -0.4 is 5.32 Å². The van der Waals surface area contributed by atoms with Crippen LogP contribution in [0.5, 0.6) is 0 Å². The standard InChI is InChI=1S/C17H23N7O2S/c1-12-8-16-19-11-21-24(16)10-14(12)13-4-6-23(7-5-13)27(25,26)15-9-20-22(3)17(15)18-2/h8-11,13,18H,4-7H2,1-3H3. The normalized spacial score (nSPS) is 16.9. The van der Waals surface area contributed by atoms with Gasteiger partial charge in [0.15, 0.2) is 5.65 Å². The maximum absolute atomic E-state index is 13.0. The summed E-state index contributed by atoms with van der Waals surface area (Å²) in [5.74, 6) is 0.812. The van der Waals surface area contributed by atoms with E-state index in [1.165, 1.54) is 22.0 Å². The number of sulfonamides is 1. The predicted octanol–water partition coefficient (Wildman–Crippen LogP) is 1.38. The lowest BCUT2D eigenvalue weighted by atomic mass is 9.89. The van der Waals surface area contributed by atoms with Crippen LogP contribution in [0.1, 0.15) is 29.9 Å². The van der Waals surface area contributed by atoms with Crippen molar-refractivity contribution in [2.45, 2.75) is 30.6 Å². The summed E-state index contributed by atoms with van der Waals surface area (Å²) in [4.78, 5) is 4.44. The van der Waals surface area contributed by atoms with Gasteiger partial charge in [-0.15, -0.1) is 0 Å². The second kappa shape index (κ2) is 6.61. The van der Waals surface area contributed by atoms with Crippen molar-refractivity contribution in [2.75, 3.05) is 25.5 Å². The number of hydrogen-bond acceptors (Lipinski definition) is 6. The molecule has 9 nitrogen and oxygen atoms in total. The summed E-state index contributed by atoms with van der Waals surface area (Å²) in [5, 5.41) is 11.2. The Kier molecular flexibility index (Phi) is 4.39. The quantitative estimate of drug-likeness (QED) is 0.724. The van der Waals surface area contributed by atoms with E-state index in [1.54, 1.807) is 29.2 Å². The summed E-state index contributed by atoms with van der Waals surface area (Å²) < 4.78 is 31.0. The molecule has 4 heterocycles. The highest BCUT2D eigenvalue weighted by Crippen LogP contribution is 2.33. The van der Waals surface area contributed by atoms with Gasteiger partial charge in [0.1, 0.15) is 17.0 Å². The zero-order valence-corrected chi connectivity index (χ0v) is 16.4. The van der Waals surface area contributed by atoms with Crippen molar-refractivity contribution < 1.29 is 8.42 Å². The maximum Gasteiger partial charge on any atom is 0.248 e. The third-order valence-corrected chi connectivity index (χ3v) is 7.22. The molecule has 144 valence electrons. The fourth-order valence-electron chi connectivity index (χ4n) is 3.84. The molecule has 10 heteroatoms. The van der Waals surface area contributed by atoms with Crippen LogP contribution in [0.2, 0.25) is 0 Å². The molecular weight excluding hydrogens is 366 g/mol. The van der Waals surface area contributed by atoms with Gasteiger partial charge in [-0.05, 0) is 42.9 Å². The first-order chi connectivity index (χ1) is 12.9. The molecule has 3 aromatic heterocycles. The first-order valence-corrected chi connectivity index (χ1v) is 10.4. The first kappa shape index (κ1) is 17.9. The predicted molar refractivity (Wildman–Crippen MR) is 101 cm³/mol. The Hall–Kier alpha value is -2.46. The summed E-state index contributed by atoms with van der Waals surface area (Å²) in [6.45, 7) is 3.04. The van der Waals surface area contributed by atoms with Gasteiger partial charge in [-0.1, -0.05) is 0 Å². The van der Waals surface area contributed by atoms with E-state index in [1.807, 2.05) is 12.3 Å². The lowest BCUT2D eigenvalue weighted by Gasteiger charge is -2.32. The zero-order valence-electron chi connectivity index (χ0n) is 15.6. The molecule has 0 saturated carbocycles. The largest absolute Gasteiger partial charge is 0.372 e. The molecule has 3 aromatic rings. The van der Waals surface area contributed by atoms with Crippen LogP contribution in [-0.2, 0) is 17.1 Å². The minimum atomic E-state index is -3.57. The van der Waals surface area contributed by atoms with Gasteiger partial charge in [0, 0.05) is 33.4 Å². The van der Waals surface area contributed by atoms with Crippen LogP contribution in [-0.4, -0.2) is 57.2 Å². The smallest absolute Gasteiger partial charge is 0.248 e. The average molecular weight is 389 g/mol. The number of aromatic nitrogens is 5. The van der Waals surface area contributed by atoms with Crippen LogP contribution in [0, 0.1) is 6.92 Å². The Balaban J connectivity index is 1.55. The summed E-state index contributed by atoms with van der Waals surface area (Å²) >= 11 is 0. The molecule has 1 fully saturated rings. The number of hydrogen-bond donors (Lipinski definition) is 1. The van der Waals surface area contributed by atoms with E-state index in [0.29, 0.717) is 24.8 Å². The van der Waals surface area contributed by atoms with E-state index in [4.69, 9.17) is 0 Å². The van der Waals surface area contributed by atoms with E-state index in [0.717, 1.165) is 18.5 Å². The second-order valence-corrected chi connectivity index (χ2v) is 8.79. The Labute approximate surface area is 158 Å². The van der Waals surface area contributed by atoms with E-state index < -0.39 is 10.0 Å². The van der Waals surface area contributed by atoms with Crippen molar-refractivity contribution in [3.8, 4) is 0 Å². The first-order valence-electron chi connectivity index (χ1n) is 8.91. The molecule has 0 spiro atoms. The third-order valence-electron chi connectivity index (χ3n) is 5.32. The number of anilines is 1. The minimum absolute atomic E-state index is 0.228. The van der Waals surface area contributed by atoms with E-state index in [2.05, 4.69) is 27.4 Å². The fraction of sp³-hybridized carbons (Fsp3) is 0.471. The molecular formula is C17H23N7O2S. The van der Waals surface area contributed by atoms with E-state index >= 15 is 0 Å². The number of aryl methyl sites for hydroxylation is 2. The molecule has 0 amide bonds. The maximum atomic E-state index is 13.0. The van der Waals surface area contributed by atoms with Crippen LogP contribution >= 0.6 is 0 Å². The molecule has 1 aliphatic rings. The highest BCUT2D eigenvalue weighted by atomic mass is 32.2. The molecule has 0 radical (unpaired) electrons. The highest BCUT2D eigenvalue weighted by molar-refractivity contribution is 7.89. The van der Waals surface area contributed by atoms with Crippen molar-refractivity contribution in [3.63, 3.8) is 0 Å². The third kappa shape index (κ3) is 2.98. The molecule has 0 bridgehead atoms. The number of rotatable bonds is 4. The number of nitrogens with zero attached hydrogens (tertiary/aromatic N) is 6. The van der Waals surface area contributed by atoms with Crippen molar-refractivity contribution >= 4 is 21.5 Å². The number of nitrogens with one attached hydrogen (secondary N) is 1. The molecule has 1 aliphatic heterocycles. The number of fused-ring (bicyclic) bond motifs is 1. The van der Waals surface area contributed by atoms with Gasteiger partial charge >= 0.3 is 0 Å². The molecule has 0 aliphatic carbocycles.